The lowest BCUT2D eigenvalue weighted by molar-refractivity contribution is -0.566. The molecule has 6 rings (SSSR count). The summed E-state index contributed by atoms with van der Waals surface area (Å²) in [6, 6.07) is 0. The molecule has 5 heterocycles. The minimum atomic E-state index is -1.05. The van der Waals surface area contributed by atoms with Crippen molar-refractivity contribution in [3.63, 3.8) is 0 Å². The van der Waals surface area contributed by atoms with Crippen molar-refractivity contribution in [2.24, 2.45) is 29.1 Å². The number of carbonyl (C=O) groups is 2. The summed E-state index contributed by atoms with van der Waals surface area (Å²) in [7, 11) is 0. The van der Waals surface area contributed by atoms with Crippen LogP contribution in [0.5, 0.6) is 0 Å². The molecule has 6 aliphatic rings. The highest BCUT2D eigenvalue weighted by Gasteiger charge is 2.67. The van der Waals surface area contributed by atoms with Gasteiger partial charge in [-0.25, -0.2) is 14.6 Å². The van der Waals surface area contributed by atoms with Crippen molar-refractivity contribution in [2.45, 2.75) is 84.9 Å². The Morgan fingerprint density at radius 3 is 2.16 bits per heavy atom. The predicted octanol–water partition coefficient (Wildman–Crippen LogP) is 3.97. The molecule has 2 N–H and O–H groups in total. The van der Waals surface area contributed by atoms with Crippen LogP contribution in [0.1, 0.15) is 67.2 Å². The van der Waals surface area contributed by atoms with E-state index in [-0.39, 0.29) is 25.0 Å². The molecule has 7 atom stereocenters. The van der Waals surface area contributed by atoms with E-state index in [0.717, 1.165) is 24.3 Å². The zero-order valence-corrected chi connectivity index (χ0v) is 20.1. The van der Waals surface area contributed by atoms with Gasteiger partial charge in [0.15, 0.2) is 11.9 Å². The highest BCUT2D eigenvalue weighted by Crippen LogP contribution is 2.59. The van der Waals surface area contributed by atoms with Crippen molar-refractivity contribution in [2.75, 3.05) is 19.7 Å². The number of hydrogen-bond donors (Lipinski definition) is 2. The maximum absolute atomic E-state index is 10.5. The minimum Gasteiger partial charge on any atom is -0.481 e. The van der Waals surface area contributed by atoms with Crippen LogP contribution in [0.15, 0.2) is 0 Å². The first-order chi connectivity index (χ1) is 15.0. The van der Waals surface area contributed by atoms with Gasteiger partial charge in [0.25, 0.3) is 0 Å². The van der Waals surface area contributed by atoms with Crippen LogP contribution in [-0.4, -0.2) is 64.6 Å². The topological polar surface area (TPSA) is 115 Å². The fourth-order valence-electron chi connectivity index (χ4n) is 5.94. The summed E-state index contributed by atoms with van der Waals surface area (Å²) in [5.41, 5.74) is -1.23. The number of likely N-dealkylation sites (tertiary alicyclic amines) is 1. The summed E-state index contributed by atoms with van der Waals surface area (Å²) in [6.45, 7) is 13.1. The molecule has 0 aromatic carbocycles. The smallest absolute Gasteiger partial charge is 0.407 e. The Morgan fingerprint density at radius 1 is 0.938 bits per heavy atom. The van der Waals surface area contributed by atoms with Crippen molar-refractivity contribution in [3.8, 4) is 0 Å². The summed E-state index contributed by atoms with van der Waals surface area (Å²) in [5, 5.41) is 17.0. The van der Waals surface area contributed by atoms with Gasteiger partial charge in [0.2, 0.25) is 5.79 Å². The number of nitrogens with zero attached hydrogens (tertiary/aromatic N) is 1. The standard InChI is InChI=1S/C15H24O4.C6H9NO4.C2H6/c1-9-4-5-11-10(2)8-16-13-15(11)12(9)6-7-14(3,17-13)18-19-15;1-6(4(8)9)2-7(3-6)5(10)11;1-2/h9-13H,4-8H2,1-3H3;2-3H2,1H3,(H,8,9)(H,10,11);1-2H3/t9?,10-,11?,12?,13+,14?,15-;;/m0../s1. The summed E-state index contributed by atoms with van der Waals surface area (Å²) in [5.74, 6) is 0.590. The Bertz CT molecular complexity index is 710. The highest BCUT2D eigenvalue weighted by molar-refractivity contribution is 5.79. The summed E-state index contributed by atoms with van der Waals surface area (Å²) in [6.07, 6.45) is 3.19. The molecular weight excluding hydrogens is 418 g/mol. The van der Waals surface area contributed by atoms with Crippen LogP contribution >= 0.6 is 0 Å². The number of fused-ring (bicyclic) bond motifs is 2. The zero-order chi connectivity index (χ0) is 23.9. The van der Waals surface area contributed by atoms with Crippen LogP contribution in [0.4, 0.5) is 4.79 Å². The maximum atomic E-state index is 10.5. The third-order valence-electron chi connectivity index (χ3n) is 7.84. The molecule has 1 spiro atoms. The van der Waals surface area contributed by atoms with Gasteiger partial charge in [0, 0.05) is 25.4 Å². The fraction of sp³-hybridized carbons (Fsp3) is 0.913. The predicted molar refractivity (Wildman–Crippen MR) is 115 cm³/mol. The van der Waals surface area contributed by atoms with Crippen molar-refractivity contribution in [1.82, 2.24) is 4.90 Å². The number of carboxylic acids is 1. The van der Waals surface area contributed by atoms with Gasteiger partial charge in [-0.2, -0.15) is 0 Å². The van der Waals surface area contributed by atoms with Crippen LogP contribution < -0.4 is 0 Å². The van der Waals surface area contributed by atoms with Gasteiger partial charge in [0.05, 0.1) is 6.61 Å². The van der Waals surface area contributed by atoms with Gasteiger partial charge < -0.3 is 24.6 Å². The average Bonchev–Trinajstić information content (AvgIpc) is 2.96. The minimum absolute atomic E-state index is 0.0949. The SMILES string of the molecule is CC.CC1(C(=O)O)CN(C(=O)O)C1.CC1CCC2[C@@H](C)CO[C@@H]3OC4(C)CCC1[C@@]23OO4. The molecule has 0 radical (unpaired) electrons. The van der Waals surface area contributed by atoms with Crippen LogP contribution in [0.2, 0.25) is 0 Å². The lowest BCUT2D eigenvalue weighted by atomic mass is 9.58. The molecule has 184 valence electrons. The van der Waals surface area contributed by atoms with E-state index in [2.05, 4.69) is 13.8 Å². The van der Waals surface area contributed by atoms with Gasteiger partial charge in [-0.1, -0.05) is 27.7 Å². The molecule has 4 unspecified atom stereocenters. The van der Waals surface area contributed by atoms with Crippen LogP contribution in [0.3, 0.4) is 0 Å². The first-order valence-corrected chi connectivity index (χ1v) is 11.9. The molecule has 2 bridgehead atoms. The van der Waals surface area contributed by atoms with Crippen molar-refractivity contribution in [3.05, 3.63) is 0 Å². The van der Waals surface area contributed by atoms with Crippen LogP contribution in [0.25, 0.3) is 0 Å². The maximum Gasteiger partial charge on any atom is 0.407 e. The van der Waals surface area contributed by atoms with Crippen LogP contribution in [0, 0.1) is 29.1 Å². The number of carboxylic acid groups (broad SMARTS) is 2. The Morgan fingerprint density at radius 2 is 1.56 bits per heavy atom. The monoisotopic (exact) mass is 457 g/mol. The molecule has 1 saturated carbocycles. The third-order valence-corrected chi connectivity index (χ3v) is 7.84. The van der Waals surface area contributed by atoms with Gasteiger partial charge in [-0.15, -0.1) is 0 Å². The van der Waals surface area contributed by atoms with E-state index >= 15 is 0 Å². The molecule has 6 fully saturated rings. The average molecular weight is 458 g/mol. The first-order valence-electron chi connectivity index (χ1n) is 11.9. The molecule has 9 heteroatoms. The summed E-state index contributed by atoms with van der Waals surface area (Å²) >= 11 is 0. The second-order valence-corrected chi connectivity index (χ2v) is 10.2. The van der Waals surface area contributed by atoms with E-state index in [1.165, 1.54) is 19.8 Å². The lowest BCUT2D eigenvalue weighted by Crippen LogP contribution is -2.68. The highest BCUT2D eigenvalue weighted by atomic mass is 17.3. The van der Waals surface area contributed by atoms with Gasteiger partial charge in [-0.05, 0) is 50.9 Å². The zero-order valence-electron chi connectivity index (χ0n) is 20.1. The van der Waals surface area contributed by atoms with Gasteiger partial charge in [0.1, 0.15) is 5.41 Å². The van der Waals surface area contributed by atoms with Crippen molar-refractivity contribution < 1.29 is 39.1 Å². The number of hydrogen-bond acceptors (Lipinski definition) is 6. The lowest BCUT2D eigenvalue weighted by Gasteiger charge is -2.58. The number of ether oxygens (including phenoxy) is 2. The normalized spacial score (nSPS) is 43.2. The largest absolute Gasteiger partial charge is 0.481 e. The molecule has 9 nitrogen and oxygen atoms in total. The molecule has 5 aliphatic heterocycles. The van der Waals surface area contributed by atoms with Gasteiger partial charge >= 0.3 is 12.1 Å². The summed E-state index contributed by atoms with van der Waals surface area (Å²) < 4.78 is 12.2. The summed E-state index contributed by atoms with van der Waals surface area (Å²) in [4.78, 5) is 33.5. The molecule has 32 heavy (non-hydrogen) atoms. The number of amides is 1. The van der Waals surface area contributed by atoms with E-state index in [0.29, 0.717) is 23.7 Å². The quantitative estimate of drug-likeness (QED) is 0.569. The second kappa shape index (κ2) is 9.08. The number of aliphatic carboxylic acids is 1. The molecule has 0 aromatic rings. The Kier molecular flexibility index (Phi) is 7.15. The molecule has 0 aromatic heterocycles. The van der Waals surface area contributed by atoms with Gasteiger partial charge in [-0.3, -0.25) is 4.79 Å². The van der Waals surface area contributed by atoms with E-state index in [9.17, 15) is 9.59 Å². The third kappa shape index (κ3) is 4.13. The second-order valence-electron chi connectivity index (χ2n) is 10.2. The van der Waals surface area contributed by atoms with E-state index in [1.54, 1.807) is 0 Å². The van der Waals surface area contributed by atoms with Crippen LogP contribution in [-0.2, 0) is 24.0 Å². The molecular formula is C23H39NO8. The van der Waals surface area contributed by atoms with E-state index in [1.807, 2.05) is 20.8 Å². The Hall–Kier alpha value is -1.42. The Labute approximate surface area is 190 Å². The molecule has 5 saturated heterocycles. The van der Waals surface area contributed by atoms with E-state index < -0.39 is 23.3 Å². The molecule has 1 amide bonds. The fourth-order valence-corrected chi connectivity index (χ4v) is 5.94. The first kappa shape index (κ1) is 25.2. The molecule has 1 aliphatic carbocycles. The van der Waals surface area contributed by atoms with E-state index in [4.69, 9.17) is 29.5 Å². The Balaban J connectivity index is 0.000000191. The van der Waals surface area contributed by atoms with Crippen molar-refractivity contribution >= 4 is 12.1 Å². The number of rotatable bonds is 1. The van der Waals surface area contributed by atoms with Crippen molar-refractivity contribution in [1.29, 1.82) is 0 Å².